The van der Waals surface area contributed by atoms with Crippen molar-refractivity contribution in [2.75, 3.05) is 6.16 Å². The van der Waals surface area contributed by atoms with Crippen LogP contribution in [0.2, 0.25) is 0 Å². The molecule has 0 saturated carbocycles. The molecule has 0 fully saturated rings. The Bertz CT molecular complexity index is 1060. The summed E-state index contributed by atoms with van der Waals surface area (Å²) in [6, 6.07) is 27.5. The van der Waals surface area contributed by atoms with Crippen molar-refractivity contribution in [3.8, 4) is 0 Å². The molecule has 3 aromatic rings. The van der Waals surface area contributed by atoms with Crippen molar-refractivity contribution in [1.82, 2.24) is 0 Å². The summed E-state index contributed by atoms with van der Waals surface area (Å²) < 4.78 is 0. The SMILES string of the molecule is Cc1cccc(P(Br)(CCCCCCCCCCCC(=O)O)(c2cccc(C)c2)c2cccc(C)c2)c1. The predicted molar refractivity (Wildman–Crippen MR) is 167 cm³/mol. The van der Waals surface area contributed by atoms with Crippen molar-refractivity contribution in [3.05, 3.63) is 89.5 Å². The number of benzene rings is 3. The first-order valence-corrected chi connectivity index (χ1v) is 18.3. The van der Waals surface area contributed by atoms with E-state index in [1.165, 1.54) is 71.1 Å². The van der Waals surface area contributed by atoms with Crippen LogP contribution in [0.25, 0.3) is 0 Å². The Morgan fingerprint density at radius 1 is 0.622 bits per heavy atom. The van der Waals surface area contributed by atoms with E-state index in [9.17, 15) is 4.79 Å². The second-order valence-corrected chi connectivity index (χ2v) is 19.8. The van der Waals surface area contributed by atoms with Gasteiger partial charge in [-0.15, -0.1) is 0 Å². The fourth-order valence-corrected chi connectivity index (χ4v) is 13.3. The van der Waals surface area contributed by atoms with Gasteiger partial charge in [0.25, 0.3) is 0 Å². The van der Waals surface area contributed by atoms with E-state index in [1.807, 2.05) is 0 Å². The quantitative estimate of drug-likeness (QED) is 0.144. The van der Waals surface area contributed by atoms with Gasteiger partial charge in [0, 0.05) is 0 Å². The number of unbranched alkanes of at least 4 members (excludes halogenated alkanes) is 8. The fraction of sp³-hybridized carbons (Fsp3) is 0.424. The summed E-state index contributed by atoms with van der Waals surface area (Å²) >= 11 is 4.64. The summed E-state index contributed by atoms with van der Waals surface area (Å²) in [5.74, 6) is -0.675. The number of aryl methyl sites for hydroxylation is 3. The summed E-state index contributed by atoms with van der Waals surface area (Å²) in [6.45, 7) is 6.60. The zero-order valence-electron chi connectivity index (χ0n) is 22.9. The van der Waals surface area contributed by atoms with E-state index in [2.05, 4.69) is 109 Å². The number of hydrogen-bond acceptors (Lipinski definition) is 1. The first-order chi connectivity index (χ1) is 17.7. The summed E-state index contributed by atoms with van der Waals surface area (Å²) in [6.07, 6.45) is 11.8. The maximum atomic E-state index is 10.6. The number of hydrogen-bond donors (Lipinski definition) is 1. The van der Waals surface area contributed by atoms with E-state index in [0.717, 1.165) is 25.4 Å². The van der Waals surface area contributed by atoms with Crippen LogP contribution in [-0.4, -0.2) is 17.2 Å². The summed E-state index contributed by atoms with van der Waals surface area (Å²) in [5.41, 5.74) is 3.90. The molecular weight excluding hydrogens is 539 g/mol. The van der Waals surface area contributed by atoms with Gasteiger partial charge in [-0.1, -0.05) is 0 Å². The molecule has 0 bridgehead atoms. The predicted octanol–water partition coefficient (Wildman–Crippen LogP) is 8.74. The van der Waals surface area contributed by atoms with E-state index in [0.29, 0.717) is 6.42 Å². The fourth-order valence-electron chi connectivity index (χ4n) is 5.51. The average molecular weight is 584 g/mol. The van der Waals surface area contributed by atoms with Crippen LogP contribution in [0.3, 0.4) is 0 Å². The van der Waals surface area contributed by atoms with E-state index >= 15 is 0 Å². The first kappa shape index (κ1) is 29.6. The van der Waals surface area contributed by atoms with Crippen molar-refractivity contribution in [3.63, 3.8) is 0 Å². The van der Waals surface area contributed by atoms with E-state index in [4.69, 9.17) is 5.11 Å². The van der Waals surface area contributed by atoms with Gasteiger partial charge in [-0.2, -0.15) is 0 Å². The van der Waals surface area contributed by atoms with Crippen molar-refractivity contribution >= 4 is 42.7 Å². The maximum absolute atomic E-state index is 10.6. The van der Waals surface area contributed by atoms with Crippen LogP contribution in [0.4, 0.5) is 0 Å². The van der Waals surface area contributed by atoms with Crippen LogP contribution in [-0.2, 0) is 4.79 Å². The van der Waals surface area contributed by atoms with Crippen molar-refractivity contribution in [2.24, 2.45) is 0 Å². The summed E-state index contributed by atoms with van der Waals surface area (Å²) in [7, 11) is 0. The third-order valence-electron chi connectivity index (χ3n) is 7.59. The minimum atomic E-state index is -2.87. The Morgan fingerprint density at radius 3 is 1.32 bits per heavy atom. The summed E-state index contributed by atoms with van der Waals surface area (Å²) in [4.78, 5) is 10.6. The normalized spacial score (nSPS) is 12.7. The molecule has 3 rings (SSSR count). The molecule has 0 amide bonds. The van der Waals surface area contributed by atoms with Gasteiger partial charge >= 0.3 is 223 Å². The average Bonchev–Trinajstić information content (AvgIpc) is 2.87. The molecule has 0 aromatic heterocycles. The second-order valence-electron chi connectivity index (χ2n) is 10.7. The monoisotopic (exact) mass is 582 g/mol. The molecule has 0 unspecified atom stereocenters. The number of carboxylic acids is 1. The van der Waals surface area contributed by atoms with Gasteiger partial charge in [0.1, 0.15) is 0 Å². The van der Waals surface area contributed by atoms with E-state index in [1.54, 1.807) is 0 Å². The Hall–Kier alpha value is -1.96. The van der Waals surface area contributed by atoms with Crippen LogP contribution in [0.5, 0.6) is 0 Å². The minimum absolute atomic E-state index is 0.307. The molecule has 37 heavy (non-hydrogen) atoms. The van der Waals surface area contributed by atoms with Crippen LogP contribution in [0, 0.1) is 20.8 Å². The summed E-state index contributed by atoms with van der Waals surface area (Å²) in [5, 5.41) is 10.2. The van der Waals surface area contributed by atoms with Gasteiger partial charge in [0.2, 0.25) is 0 Å². The van der Waals surface area contributed by atoms with Gasteiger partial charge < -0.3 is 5.11 Å². The van der Waals surface area contributed by atoms with Crippen LogP contribution in [0.15, 0.2) is 72.8 Å². The number of aliphatic carboxylic acids is 1. The Morgan fingerprint density at radius 2 is 0.973 bits per heavy atom. The van der Waals surface area contributed by atoms with Crippen LogP contribution < -0.4 is 15.9 Å². The molecule has 0 aliphatic heterocycles. The van der Waals surface area contributed by atoms with Gasteiger partial charge in [0.15, 0.2) is 0 Å². The Kier molecular flexibility index (Phi) is 11.0. The van der Waals surface area contributed by atoms with E-state index in [-0.39, 0.29) is 0 Å². The first-order valence-electron chi connectivity index (χ1n) is 13.9. The molecule has 1 N–H and O–H groups in total. The van der Waals surface area contributed by atoms with E-state index < -0.39 is 11.3 Å². The van der Waals surface area contributed by atoms with Gasteiger partial charge in [-0.05, 0) is 0 Å². The molecule has 0 aliphatic rings. The van der Waals surface area contributed by atoms with Crippen LogP contribution in [0.1, 0.15) is 80.9 Å². The Balaban J connectivity index is 1.80. The van der Waals surface area contributed by atoms with Gasteiger partial charge in [-0.3, -0.25) is 4.79 Å². The zero-order valence-corrected chi connectivity index (χ0v) is 25.4. The molecule has 4 heteroatoms. The third kappa shape index (κ3) is 7.55. The standard InChI is InChI=1S/C33H44BrO2P/c1-27-16-13-19-30(24-27)37(34,31-20-14-17-28(2)25-31,32-21-15-18-29(3)26-32)23-12-10-8-6-4-5-7-9-11-22-33(35)36/h13-21,24-26H,4-12,22-23H2,1-3H3,(H,35,36). The number of carbonyl (C=O) groups is 1. The zero-order chi connectivity index (χ0) is 26.8. The van der Waals surface area contributed by atoms with Crippen molar-refractivity contribution < 1.29 is 9.90 Å². The molecule has 0 radical (unpaired) electrons. The topological polar surface area (TPSA) is 37.3 Å². The molecule has 0 heterocycles. The molecule has 200 valence electrons. The number of carboxylic acid groups (broad SMARTS) is 1. The molecule has 3 aromatic carbocycles. The molecular formula is C33H44BrO2P. The third-order valence-corrected chi connectivity index (χ3v) is 17.6. The molecule has 0 spiro atoms. The van der Waals surface area contributed by atoms with Crippen molar-refractivity contribution in [1.29, 1.82) is 0 Å². The second kappa shape index (κ2) is 13.7. The number of halogens is 1. The number of rotatable bonds is 15. The molecule has 2 nitrogen and oxygen atoms in total. The molecule has 0 atom stereocenters. The Labute approximate surface area is 232 Å². The van der Waals surface area contributed by atoms with Crippen LogP contribution >= 0.6 is 20.8 Å². The van der Waals surface area contributed by atoms with Gasteiger partial charge in [0.05, 0.1) is 0 Å². The molecule has 0 aliphatic carbocycles. The molecule has 0 saturated heterocycles. The van der Waals surface area contributed by atoms with Crippen molar-refractivity contribution in [2.45, 2.75) is 85.0 Å². The van der Waals surface area contributed by atoms with Gasteiger partial charge in [-0.25, -0.2) is 0 Å².